The largest absolute Gasteiger partial charge is 0.508 e. The van der Waals surface area contributed by atoms with Gasteiger partial charge >= 0.3 is 0 Å². The first-order valence-electron chi connectivity index (χ1n) is 7.78. The molecule has 0 spiro atoms. The number of aromatic hydroxyl groups is 1. The Balaban J connectivity index is 2.24. The topological polar surface area (TPSA) is 29.5 Å². The van der Waals surface area contributed by atoms with Crippen LogP contribution in [0.3, 0.4) is 0 Å². The Kier molecular flexibility index (Phi) is 5.64. The molecule has 2 aromatic rings. The van der Waals surface area contributed by atoms with E-state index in [4.69, 9.17) is 4.74 Å². The molecule has 2 rings (SSSR count). The van der Waals surface area contributed by atoms with Gasteiger partial charge in [-0.05, 0) is 49.9 Å². The molecule has 2 nitrogen and oxygen atoms in total. The van der Waals surface area contributed by atoms with E-state index in [1.807, 2.05) is 25.1 Å². The highest BCUT2D eigenvalue weighted by Crippen LogP contribution is 2.32. The predicted molar refractivity (Wildman–Crippen MR) is 97.9 cm³/mol. The first-order chi connectivity index (χ1) is 11.0. The molecule has 0 aliphatic rings. The zero-order valence-electron chi connectivity index (χ0n) is 14.1. The zero-order valence-corrected chi connectivity index (χ0v) is 14.1. The van der Waals surface area contributed by atoms with Crippen molar-refractivity contribution >= 4 is 12.2 Å². The van der Waals surface area contributed by atoms with E-state index >= 15 is 0 Å². The molecule has 0 aliphatic carbocycles. The van der Waals surface area contributed by atoms with Crippen LogP contribution in [0.25, 0.3) is 12.2 Å². The van der Waals surface area contributed by atoms with Crippen molar-refractivity contribution in [2.45, 2.75) is 26.7 Å². The number of hydrogen-bond acceptors (Lipinski definition) is 2. The molecule has 23 heavy (non-hydrogen) atoms. The molecule has 1 N–H and O–H groups in total. The molecule has 0 aliphatic heterocycles. The fraction of sp³-hybridized carbons (Fsp3) is 0.238. The van der Waals surface area contributed by atoms with E-state index in [2.05, 4.69) is 37.8 Å². The number of benzene rings is 2. The Morgan fingerprint density at radius 3 is 2.39 bits per heavy atom. The van der Waals surface area contributed by atoms with Gasteiger partial charge in [-0.25, -0.2) is 0 Å². The van der Waals surface area contributed by atoms with Gasteiger partial charge in [0.2, 0.25) is 0 Å². The van der Waals surface area contributed by atoms with Gasteiger partial charge in [0.15, 0.2) is 0 Å². The molecule has 2 heteroatoms. The fourth-order valence-corrected chi connectivity index (χ4v) is 2.39. The lowest BCUT2D eigenvalue weighted by atomic mass is 10.0. The molecular formula is C21H24O2. The van der Waals surface area contributed by atoms with Crippen molar-refractivity contribution in [3.05, 3.63) is 70.8 Å². The maximum atomic E-state index is 10.3. The SMILES string of the molecule is C=C(C)CCc1c(O)cc(/C=C/c2ccc(C)cc2)cc1OC. The summed E-state index contributed by atoms with van der Waals surface area (Å²) in [6, 6.07) is 12.0. The highest BCUT2D eigenvalue weighted by Gasteiger charge is 2.10. The average molecular weight is 308 g/mol. The minimum absolute atomic E-state index is 0.272. The van der Waals surface area contributed by atoms with Crippen LogP contribution in [0.15, 0.2) is 48.6 Å². The minimum atomic E-state index is 0.272. The summed E-state index contributed by atoms with van der Waals surface area (Å²) in [7, 11) is 1.63. The number of phenolic OH excluding ortho intramolecular Hbond substituents is 1. The number of rotatable bonds is 6. The highest BCUT2D eigenvalue weighted by atomic mass is 16.5. The van der Waals surface area contributed by atoms with Crippen LogP contribution < -0.4 is 4.74 Å². The summed E-state index contributed by atoms with van der Waals surface area (Å²) in [6.45, 7) is 7.97. The van der Waals surface area contributed by atoms with Crippen molar-refractivity contribution in [2.24, 2.45) is 0 Å². The van der Waals surface area contributed by atoms with Crippen molar-refractivity contribution in [1.29, 1.82) is 0 Å². The van der Waals surface area contributed by atoms with Crippen molar-refractivity contribution in [3.63, 3.8) is 0 Å². The molecule has 0 saturated carbocycles. The van der Waals surface area contributed by atoms with E-state index < -0.39 is 0 Å². The number of ether oxygens (including phenoxy) is 1. The molecule has 0 heterocycles. The molecule has 0 bridgehead atoms. The third kappa shape index (κ3) is 4.75. The molecule has 2 aromatic carbocycles. The second-order valence-corrected chi connectivity index (χ2v) is 5.92. The van der Waals surface area contributed by atoms with Crippen molar-refractivity contribution in [1.82, 2.24) is 0 Å². The summed E-state index contributed by atoms with van der Waals surface area (Å²) in [6.07, 6.45) is 5.57. The molecule has 0 unspecified atom stereocenters. The van der Waals surface area contributed by atoms with E-state index in [0.29, 0.717) is 0 Å². The van der Waals surface area contributed by atoms with Gasteiger partial charge in [-0.1, -0.05) is 47.6 Å². The smallest absolute Gasteiger partial charge is 0.126 e. The fourth-order valence-electron chi connectivity index (χ4n) is 2.39. The molecule has 0 fully saturated rings. The summed E-state index contributed by atoms with van der Waals surface area (Å²) in [5.74, 6) is 0.990. The summed E-state index contributed by atoms with van der Waals surface area (Å²) in [4.78, 5) is 0. The lowest BCUT2D eigenvalue weighted by Crippen LogP contribution is -1.95. The lowest BCUT2D eigenvalue weighted by molar-refractivity contribution is 0.399. The second-order valence-electron chi connectivity index (χ2n) is 5.92. The Labute approximate surface area is 138 Å². The van der Waals surface area contributed by atoms with Crippen LogP contribution in [0.2, 0.25) is 0 Å². The molecule has 0 radical (unpaired) electrons. The lowest BCUT2D eigenvalue weighted by Gasteiger charge is -2.12. The van der Waals surface area contributed by atoms with Gasteiger partial charge in [0.25, 0.3) is 0 Å². The monoisotopic (exact) mass is 308 g/mol. The van der Waals surface area contributed by atoms with Crippen LogP contribution in [-0.2, 0) is 6.42 Å². The number of allylic oxidation sites excluding steroid dienone is 1. The van der Waals surface area contributed by atoms with E-state index in [1.54, 1.807) is 13.2 Å². The van der Waals surface area contributed by atoms with Gasteiger partial charge in [0, 0.05) is 5.56 Å². The summed E-state index contributed by atoms with van der Waals surface area (Å²) >= 11 is 0. The predicted octanol–water partition coefficient (Wildman–Crippen LogP) is 5.39. The first-order valence-corrected chi connectivity index (χ1v) is 7.78. The van der Waals surface area contributed by atoms with Crippen molar-refractivity contribution < 1.29 is 9.84 Å². The maximum absolute atomic E-state index is 10.3. The van der Waals surface area contributed by atoms with Crippen LogP contribution in [0, 0.1) is 6.92 Å². The molecular weight excluding hydrogens is 284 g/mol. The van der Waals surface area contributed by atoms with Gasteiger partial charge in [0.1, 0.15) is 11.5 Å². The van der Waals surface area contributed by atoms with E-state index in [1.165, 1.54) is 5.56 Å². The summed E-state index contributed by atoms with van der Waals surface area (Å²) < 4.78 is 5.44. The van der Waals surface area contributed by atoms with E-state index in [9.17, 15) is 5.11 Å². The van der Waals surface area contributed by atoms with Gasteiger partial charge in [-0.2, -0.15) is 0 Å². The quantitative estimate of drug-likeness (QED) is 0.573. The van der Waals surface area contributed by atoms with Crippen molar-refractivity contribution in [3.8, 4) is 11.5 Å². The molecule has 0 atom stereocenters. The van der Waals surface area contributed by atoms with E-state index in [-0.39, 0.29) is 5.75 Å². The number of phenols is 1. The number of methoxy groups -OCH3 is 1. The van der Waals surface area contributed by atoms with Gasteiger partial charge < -0.3 is 9.84 Å². The normalized spacial score (nSPS) is 10.9. The Morgan fingerprint density at radius 1 is 1.13 bits per heavy atom. The third-order valence-corrected chi connectivity index (χ3v) is 3.78. The van der Waals surface area contributed by atoms with Gasteiger partial charge in [-0.15, -0.1) is 6.58 Å². The molecule has 120 valence electrons. The standard InChI is InChI=1S/C21H24O2/c1-15(2)5-12-19-20(22)13-18(14-21(19)23-4)11-10-17-8-6-16(3)7-9-17/h6-11,13-14,22H,1,5,12H2,2-4H3/b11-10+. The Morgan fingerprint density at radius 2 is 1.78 bits per heavy atom. The van der Waals surface area contributed by atoms with Crippen LogP contribution in [-0.4, -0.2) is 12.2 Å². The van der Waals surface area contributed by atoms with Gasteiger partial charge in [-0.3, -0.25) is 0 Å². The van der Waals surface area contributed by atoms with Gasteiger partial charge in [0.05, 0.1) is 7.11 Å². The average Bonchev–Trinajstić information content (AvgIpc) is 2.52. The first kappa shape index (κ1) is 16.9. The van der Waals surface area contributed by atoms with E-state index in [0.717, 1.165) is 40.9 Å². The molecule has 0 saturated heterocycles. The number of hydrogen-bond donors (Lipinski definition) is 1. The zero-order chi connectivity index (χ0) is 16.8. The molecule has 0 amide bonds. The van der Waals surface area contributed by atoms with Crippen LogP contribution in [0.1, 0.15) is 35.6 Å². The van der Waals surface area contributed by atoms with Crippen LogP contribution in [0.4, 0.5) is 0 Å². The Hall–Kier alpha value is -2.48. The minimum Gasteiger partial charge on any atom is -0.508 e. The van der Waals surface area contributed by atoms with Crippen molar-refractivity contribution in [2.75, 3.05) is 7.11 Å². The second kappa shape index (κ2) is 7.68. The number of aryl methyl sites for hydroxylation is 1. The highest BCUT2D eigenvalue weighted by molar-refractivity contribution is 5.71. The summed E-state index contributed by atoms with van der Waals surface area (Å²) in [5, 5.41) is 10.3. The van der Waals surface area contributed by atoms with Crippen LogP contribution in [0.5, 0.6) is 11.5 Å². The summed E-state index contributed by atoms with van der Waals surface area (Å²) in [5.41, 5.74) is 5.21. The van der Waals surface area contributed by atoms with Crippen LogP contribution >= 0.6 is 0 Å². The molecule has 0 aromatic heterocycles. The third-order valence-electron chi connectivity index (χ3n) is 3.78. The Bertz CT molecular complexity index is 709. The maximum Gasteiger partial charge on any atom is 0.126 e.